The Kier molecular flexibility index (Phi) is 6.47. The monoisotopic (exact) mass is 407 g/mol. The zero-order valence-corrected chi connectivity index (χ0v) is 17.0. The zero-order chi connectivity index (χ0) is 20.8. The van der Waals surface area contributed by atoms with Crippen molar-refractivity contribution in [1.82, 2.24) is 24.6 Å². The van der Waals surface area contributed by atoms with Gasteiger partial charge in [-0.2, -0.15) is 0 Å². The number of hydrogen-bond acceptors (Lipinski definition) is 4. The summed E-state index contributed by atoms with van der Waals surface area (Å²) in [6.45, 7) is 2.21. The van der Waals surface area contributed by atoms with Gasteiger partial charge < -0.3 is 9.47 Å². The number of fused-ring (bicyclic) bond motifs is 1. The summed E-state index contributed by atoms with van der Waals surface area (Å²) >= 11 is 0. The molecule has 3 heterocycles. The number of carbonyl (C=O) groups excluding carboxylic acids is 1. The minimum absolute atomic E-state index is 0.118. The van der Waals surface area contributed by atoms with Crippen molar-refractivity contribution in [1.29, 1.82) is 0 Å². The van der Waals surface area contributed by atoms with E-state index in [-0.39, 0.29) is 11.7 Å². The fraction of sp³-hybridized carbons (Fsp3) is 0.391. The lowest BCUT2D eigenvalue weighted by Gasteiger charge is -2.22. The van der Waals surface area contributed by atoms with Gasteiger partial charge in [-0.3, -0.25) is 9.78 Å². The van der Waals surface area contributed by atoms with Crippen LogP contribution in [0.2, 0.25) is 0 Å². The Balaban J connectivity index is 1.52. The first-order chi connectivity index (χ1) is 14.7. The highest BCUT2D eigenvalue weighted by Gasteiger charge is 2.19. The summed E-state index contributed by atoms with van der Waals surface area (Å²) in [6, 6.07) is 10.2. The van der Waals surface area contributed by atoms with Gasteiger partial charge in [0.2, 0.25) is 5.91 Å². The maximum Gasteiger partial charge on any atom is 0.227 e. The number of aromatic nitrogens is 4. The quantitative estimate of drug-likeness (QED) is 0.665. The molecular weight excluding hydrogens is 381 g/mol. The summed E-state index contributed by atoms with van der Waals surface area (Å²) < 4.78 is 15.4. The lowest BCUT2D eigenvalue weighted by Crippen LogP contribution is -2.35. The van der Waals surface area contributed by atoms with E-state index in [1.165, 1.54) is 12.1 Å². The van der Waals surface area contributed by atoms with Crippen LogP contribution in [0.4, 0.5) is 4.39 Å². The van der Waals surface area contributed by atoms with Gasteiger partial charge in [0, 0.05) is 44.0 Å². The van der Waals surface area contributed by atoms with Crippen LogP contribution in [0.3, 0.4) is 0 Å². The van der Waals surface area contributed by atoms with Crippen molar-refractivity contribution in [2.45, 2.75) is 45.1 Å². The van der Waals surface area contributed by atoms with Gasteiger partial charge in [-0.05, 0) is 48.7 Å². The van der Waals surface area contributed by atoms with Crippen molar-refractivity contribution in [3.63, 3.8) is 0 Å². The van der Waals surface area contributed by atoms with Crippen LogP contribution in [-0.4, -0.2) is 43.6 Å². The molecule has 2 aromatic heterocycles. The molecule has 0 bridgehead atoms. The Hall–Kier alpha value is -3.09. The molecule has 7 heteroatoms. The van der Waals surface area contributed by atoms with Crippen molar-refractivity contribution >= 4 is 5.91 Å². The predicted molar refractivity (Wildman–Crippen MR) is 112 cm³/mol. The number of halogens is 1. The molecule has 0 spiro atoms. The third-order valence-corrected chi connectivity index (χ3v) is 5.53. The molecule has 30 heavy (non-hydrogen) atoms. The molecule has 0 atom stereocenters. The van der Waals surface area contributed by atoms with E-state index in [4.69, 9.17) is 0 Å². The third-order valence-electron chi connectivity index (χ3n) is 5.53. The standard InChI is InChI=1S/C23H26FN5O/c24-20-9-7-19(8-10-20)23-27-26-21-11-15-28(13-3-1-2-4-14-29(21)23)22(30)16-18-6-5-12-25-17-18/h5-10,12,17H,1-4,11,13-16H2. The Morgan fingerprint density at radius 2 is 1.77 bits per heavy atom. The van der Waals surface area contributed by atoms with Crippen LogP contribution in [-0.2, 0) is 24.2 Å². The van der Waals surface area contributed by atoms with Gasteiger partial charge in [-0.15, -0.1) is 10.2 Å². The highest BCUT2D eigenvalue weighted by Crippen LogP contribution is 2.21. The smallest absolute Gasteiger partial charge is 0.227 e. The van der Waals surface area contributed by atoms with Gasteiger partial charge in [-0.1, -0.05) is 18.9 Å². The molecule has 0 radical (unpaired) electrons. The van der Waals surface area contributed by atoms with Crippen LogP contribution >= 0.6 is 0 Å². The molecule has 0 aliphatic carbocycles. The second-order valence-corrected chi connectivity index (χ2v) is 7.68. The molecule has 0 unspecified atom stereocenters. The second kappa shape index (κ2) is 9.61. The number of pyridine rings is 1. The normalized spacial score (nSPS) is 15.3. The van der Waals surface area contributed by atoms with Gasteiger partial charge in [0.05, 0.1) is 6.42 Å². The number of carbonyl (C=O) groups is 1. The van der Waals surface area contributed by atoms with E-state index in [9.17, 15) is 9.18 Å². The van der Waals surface area contributed by atoms with Crippen molar-refractivity contribution in [2.75, 3.05) is 13.1 Å². The SMILES string of the molecule is O=C(Cc1cccnc1)N1CCCCCCn2c(nnc2-c2ccc(F)cc2)CC1. The van der Waals surface area contributed by atoms with Crippen LogP contribution in [0, 0.1) is 5.82 Å². The maximum absolute atomic E-state index is 13.3. The summed E-state index contributed by atoms with van der Waals surface area (Å²) in [5, 5.41) is 8.79. The summed E-state index contributed by atoms with van der Waals surface area (Å²) in [7, 11) is 0. The molecule has 0 saturated heterocycles. The number of amides is 1. The Bertz CT molecular complexity index is 971. The summed E-state index contributed by atoms with van der Waals surface area (Å²) in [5.41, 5.74) is 1.79. The average molecular weight is 407 g/mol. The first-order valence-electron chi connectivity index (χ1n) is 10.6. The van der Waals surface area contributed by atoms with E-state index < -0.39 is 0 Å². The summed E-state index contributed by atoms with van der Waals surface area (Å²) in [5.74, 6) is 1.48. The number of benzene rings is 1. The largest absolute Gasteiger partial charge is 0.342 e. The van der Waals surface area contributed by atoms with Crippen LogP contribution in [0.25, 0.3) is 11.4 Å². The highest BCUT2D eigenvalue weighted by atomic mass is 19.1. The number of hydrogen-bond donors (Lipinski definition) is 0. The van der Waals surface area contributed by atoms with Crippen molar-refractivity contribution < 1.29 is 9.18 Å². The second-order valence-electron chi connectivity index (χ2n) is 7.68. The summed E-state index contributed by atoms with van der Waals surface area (Å²) in [6.07, 6.45) is 8.68. The Morgan fingerprint density at radius 1 is 0.967 bits per heavy atom. The highest BCUT2D eigenvalue weighted by molar-refractivity contribution is 5.78. The molecule has 156 valence electrons. The fourth-order valence-electron chi connectivity index (χ4n) is 3.88. The minimum atomic E-state index is -0.265. The first-order valence-corrected chi connectivity index (χ1v) is 10.6. The van der Waals surface area contributed by atoms with E-state index in [1.54, 1.807) is 24.5 Å². The van der Waals surface area contributed by atoms with Crippen molar-refractivity contribution in [3.05, 3.63) is 66.0 Å². The number of rotatable bonds is 3. The molecule has 1 amide bonds. The van der Waals surface area contributed by atoms with Crippen LogP contribution in [0.5, 0.6) is 0 Å². The van der Waals surface area contributed by atoms with Gasteiger partial charge in [0.25, 0.3) is 0 Å². The molecule has 1 aromatic carbocycles. The van der Waals surface area contributed by atoms with E-state index in [2.05, 4.69) is 19.7 Å². The molecule has 6 nitrogen and oxygen atoms in total. The minimum Gasteiger partial charge on any atom is -0.342 e. The predicted octanol–water partition coefficient (Wildman–Crippen LogP) is 3.67. The maximum atomic E-state index is 13.3. The zero-order valence-electron chi connectivity index (χ0n) is 17.0. The van der Waals surface area contributed by atoms with Crippen molar-refractivity contribution in [2.24, 2.45) is 0 Å². The lowest BCUT2D eigenvalue weighted by atomic mass is 10.1. The summed E-state index contributed by atoms with van der Waals surface area (Å²) in [4.78, 5) is 19.0. The average Bonchev–Trinajstić information content (AvgIpc) is 3.14. The van der Waals surface area contributed by atoms with E-state index in [1.807, 2.05) is 17.0 Å². The van der Waals surface area contributed by atoms with E-state index in [0.29, 0.717) is 19.4 Å². The molecule has 3 aromatic rings. The molecule has 1 aliphatic heterocycles. The topological polar surface area (TPSA) is 63.9 Å². The molecule has 0 fully saturated rings. The first kappa shape index (κ1) is 20.2. The Labute approximate surface area is 175 Å². The number of nitrogens with zero attached hydrogens (tertiary/aromatic N) is 5. The fourth-order valence-corrected chi connectivity index (χ4v) is 3.88. The van der Waals surface area contributed by atoms with Crippen LogP contribution in [0.15, 0.2) is 48.8 Å². The third kappa shape index (κ3) is 4.90. The molecular formula is C23H26FN5O. The Morgan fingerprint density at radius 3 is 2.53 bits per heavy atom. The molecule has 0 N–H and O–H groups in total. The van der Waals surface area contributed by atoms with E-state index >= 15 is 0 Å². The van der Waals surface area contributed by atoms with Crippen LogP contribution in [0.1, 0.15) is 37.1 Å². The van der Waals surface area contributed by atoms with Gasteiger partial charge in [0.15, 0.2) is 5.82 Å². The molecule has 0 saturated carbocycles. The molecule has 1 aliphatic rings. The molecule has 4 rings (SSSR count). The van der Waals surface area contributed by atoms with Crippen LogP contribution < -0.4 is 0 Å². The lowest BCUT2D eigenvalue weighted by molar-refractivity contribution is -0.130. The van der Waals surface area contributed by atoms with Gasteiger partial charge in [-0.25, -0.2) is 4.39 Å². The van der Waals surface area contributed by atoms with Crippen molar-refractivity contribution in [3.8, 4) is 11.4 Å². The van der Waals surface area contributed by atoms with Gasteiger partial charge >= 0.3 is 0 Å². The van der Waals surface area contributed by atoms with E-state index in [0.717, 1.165) is 61.5 Å². The van der Waals surface area contributed by atoms with Gasteiger partial charge in [0.1, 0.15) is 11.6 Å².